The van der Waals surface area contributed by atoms with Crippen molar-refractivity contribution >= 4 is 10.8 Å². The zero-order valence-electron chi connectivity index (χ0n) is 7.88. The van der Waals surface area contributed by atoms with Gasteiger partial charge in [-0.25, -0.2) is 4.21 Å². The van der Waals surface area contributed by atoms with E-state index in [9.17, 15) is 4.21 Å². The van der Waals surface area contributed by atoms with Gasteiger partial charge in [-0.05, 0) is 31.4 Å². The van der Waals surface area contributed by atoms with Crippen LogP contribution in [0, 0.1) is 0 Å². The van der Waals surface area contributed by atoms with Crippen molar-refractivity contribution in [3.05, 3.63) is 46.8 Å². The van der Waals surface area contributed by atoms with Crippen LogP contribution in [-0.2, 0) is 10.8 Å². The fraction of sp³-hybridized carbons (Fsp3) is 0.273. The second-order valence-electron chi connectivity index (χ2n) is 2.90. The van der Waals surface area contributed by atoms with Crippen molar-refractivity contribution in [2.45, 2.75) is 19.8 Å². The Morgan fingerprint density at radius 2 is 2.15 bits per heavy atom. The van der Waals surface area contributed by atoms with Gasteiger partial charge in [0.2, 0.25) is 0 Å². The smallest absolute Gasteiger partial charge is 0.0805 e. The molecule has 1 aliphatic rings. The topological polar surface area (TPSA) is 17.1 Å². The van der Waals surface area contributed by atoms with Crippen LogP contribution in [0.2, 0.25) is 0 Å². The lowest BCUT2D eigenvalue weighted by atomic mass is 10.1. The molecule has 70 valence electrons. The predicted octanol–water partition coefficient (Wildman–Crippen LogP) is 3.06. The molecule has 1 unspecified atom stereocenters. The van der Waals surface area contributed by atoms with E-state index in [1.54, 1.807) is 6.08 Å². The first-order valence-corrected chi connectivity index (χ1v) is 5.43. The monoisotopic (exact) mass is 194 g/mol. The molecule has 1 atom stereocenters. The molecule has 0 aromatic carbocycles. The highest BCUT2D eigenvalue weighted by molar-refractivity contribution is 7.93. The first-order chi connectivity index (χ1) is 6.20. The molecular formula is C11H14OS. The molecule has 1 aliphatic heterocycles. The average Bonchev–Trinajstić information content (AvgIpc) is 2.14. The average molecular weight is 194 g/mol. The zero-order chi connectivity index (χ0) is 9.84. The van der Waals surface area contributed by atoms with Crippen LogP contribution in [-0.4, -0.2) is 4.21 Å². The van der Waals surface area contributed by atoms with Gasteiger partial charge in [-0.2, -0.15) is 0 Å². The Bertz CT molecular complexity index is 321. The second kappa shape index (κ2) is 4.38. The lowest BCUT2D eigenvalue weighted by molar-refractivity contribution is 0.687. The summed E-state index contributed by atoms with van der Waals surface area (Å²) in [5.74, 6) is 0. The second-order valence-corrected chi connectivity index (χ2v) is 4.46. The Balaban J connectivity index is 3.15. The van der Waals surface area contributed by atoms with E-state index >= 15 is 0 Å². The van der Waals surface area contributed by atoms with Crippen LogP contribution in [0.25, 0.3) is 0 Å². The maximum Gasteiger partial charge on any atom is 0.0805 e. The summed E-state index contributed by atoms with van der Waals surface area (Å²) in [4.78, 5) is 1.69. The lowest BCUT2D eigenvalue weighted by Crippen LogP contribution is -2.05. The summed E-state index contributed by atoms with van der Waals surface area (Å²) < 4.78 is 11.7. The van der Waals surface area contributed by atoms with Gasteiger partial charge >= 0.3 is 0 Å². The van der Waals surface area contributed by atoms with Crippen LogP contribution < -0.4 is 0 Å². The third-order valence-electron chi connectivity index (χ3n) is 2.02. The van der Waals surface area contributed by atoms with Gasteiger partial charge in [0, 0.05) is 9.81 Å². The maximum absolute atomic E-state index is 11.7. The van der Waals surface area contributed by atoms with Crippen molar-refractivity contribution in [2.75, 3.05) is 0 Å². The van der Waals surface area contributed by atoms with E-state index in [1.807, 2.05) is 19.1 Å². The Kier molecular flexibility index (Phi) is 3.43. The molecule has 0 N–H and O–H groups in total. The first-order valence-electron chi connectivity index (χ1n) is 4.28. The highest BCUT2D eigenvalue weighted by atomic mass is 32.2. The van der Waals surface area contributed by atoms with Gasteiger partial charge in [0.1, 0.15) is 0 Å². The van der Waals surface area contributed by atoms with Crippen molar-refractivity contribution in [2.24, 2.45) is 0 Å². The zero-order valence-corrected chi connectivity index (χ0v) is 8.69. The van der Waals surface area contributed by atoms with Gasteiger partial charge in [0.15, 0.2) is 0 Å². The standard InChI is InChI=1S/C11H14OS/c1-4-6-11-10(5-2)8-7-9(3)13(11)12/h4-6H,2-3,7-8H2,1H3/b6-4-. The summed E-state index contributed by atoms with van der Waals surface area (Å²) in [7, 11) is -1.03. The van der Waals surface area contributed by atoms with E-state index in [-0.39, 0.29) is 0 Å². The minimum Gasteiger partial charge on any atom is -0.249 e. The number of allylic oxidation sites excluding steroid dienone is 5. The van der Waals surface area contributed by atoms with Gasteiger partial charge in [0.05, 0.1) is 10.8 Å². The highest BCUT2D eigenvalue weighted by Gasteiger charge is 2.18. The third kappa shape index (κ3) is 2.07. The van der Waals surface area contributed by atoms with Gasteiger partial charge < -0.3 is 0 Å². The number of hydrogen-bond acceptors (Lipinski definition) is 1. The van der Waals surface area contributed by atoms with Crippen LogP contribution in [0.1, 0.15) is 19.8 Å². The van der Waals surface area contributed by atoms with Crippen LogP contribution in [0.15, 0.2) is 46.8 Å². The van der Waals surface area contributed by atoms with E-state index in [1.165, 1.54) is 0 Å². The van der Waals surface area contributed by atoms with Crippen molar-refractivity contribution in [1.29, 1.82) is 0 Å². The molecule has 0 amide bonds. The Morgan fingerprint density at radius 1 is 1.46 bits per heavy atom. The molecule has 0 saturated carbocycles. The first kappa shape index (κ1) is 10.2. The minimum atomic E-state index is -1.03. The Hall–Kier alpha value is -0.890. The number of hydrogen-bond donors (Lipinski definition) is 0. The molecule has 0 radical (unpaired) electrons. The van der Waals surface area contributed by atoms with E-state index < -0.39 is 10.8 Å². The Morgan fingerprint density at radius 3 is 2.69 bits per heavy atom. The molecule has 0 aromatic rings. The largest absolute Gasteiger partial charge is 0.249 e. The van der Waals surface area contributed by atoms with Crippen LogP contribution in [0.5, 0.6) is 0 Å². The summed E-state index contributed by atoms with van der Waals surface area (Å²) in [6.45, 7) is 9.43. The van der Waals surface area contributed by atoms with Crippen LogP contribution in [0.4, 0.5) is 0 Å². The van der Waals surface area contributed by atoms with Crippen LogP contribution >= 0.6 is 0 Å². The minimum absolute atomic E-state index is 0.815. The Labute approximate surface area is 82.0 Å². The molecule has 1 nitrogen and oxygen atoms in total. The van der Waals surface area contributed by atoms with Gasteiger partial charge in [-0.3, -0.25) is 0 Å². The molecule has 0 bridgehead atoms. The summed E-state index contributed by atoms with van der Waals surface area (Å²) in [5.41, 5.74) is 1.09. The van der Waals surface area contributed by atoms with E-state index in [0.29, 0.717) is 0 Å². The molecule has 0 saturated heterocycles. The van der Waals surface area contributed by atoms with E-state index in [0.717, 1.165) is 28.2 Å². The molecule has 13 heavy (non-hydrogen) atoms. The van der Waals surface area contributed by atoms with Gasteiger partial charge in [-0.15, -0.1) is 0 Å². The van der Waals surface area contributed by atoms with Crippen molar-refractivity contribution < 1.29 is 4.21 Å². The van der Waals surface area contributed by atoms with Crippen molar-refractivity contribution in [3.63, 3.8) is 0 Å². The van der Waals surface area contributed by atoms with Gasteiger partial charge in [-0.1, -0.05) is 25.3 Å². The number of rotatable bonds is 2. The summed E-state index contributed by atoms with van der Waals surface area (Å²) in [6.07, 6.45) is 7.30. The lowest BCUT2D eigenvalue weighted by Gasteiger charge is -2.16. The molecule has 0 aromatic heterocycles. The molecule has 0 fully saturated rings. The molecule has 0 spiro atoms. The molecule has 1 heterocycles. The highest BCUT2D eigenvalue weighted by Crippen LogP contribution is 2.29. The quantitative estimate of drug-likeness (QED) is 0.660. The fourth-order valence-electron chi connectivity index (χ4n) is 1.29. The molecule has 0 aliphatic carbocycles. The van der Waals surface area contributed by atoms with E-state index in [2.05, 4.69) is 13.2 Å². The van der Waals surface area contributed by atoms with Gasteiger partial charge in [0.25, 0.3) is 0 Å². The normalized spacial score (nSPS) is 24.1. The SMILES string of the molecule is C=CC1=C(/C=C\C)S(=O)C(=C)CC1. The van der Waals surface area contributed by atoms with Crippen LogP contribution in [0.3, 0.4) is 0 Å². The fourth-order valence-corrected chi connectivity index (χ4v) is 2.57. The third-order valence-corrected chi connectivity index (χ3v) is 3.54. The maximum atomic E-state index is 11.7. The molecule has 1 rings (SSSR count). The summed E-state index contributed by atoms with van der Waals surface area (Å²) in [5, 5.41) is 0. The summed E-state index contributed by atoms with van der Waals surface area (Å²) in [6, 6.07) is 0. The van der Waals surface area contributed by atoms with E-state index in [4.69, 9.17) is 0 Å². The molecule has 2 heteroatoms. The van der Waals surface area contributed by atoms with Crippen molar-refractivity contribution in [3.8, 4) is 0 Å². The van der Waals surface area contributed by atoms with Crippen molar-refractivity contribution in [1.82, 2.24) is 0 Å². The molecular weight excluding hydrogens is 180 g/mol. The predicted molar refractivity (Wildman–Crippen MR) is 58.6 cm³/mol. The summed E-state index contributed by atoms with van der Waals surface area (Å²) >= 11 is 0.